The molecule has 0 bridgehead atoms. The van der Waals surface area contributed by atoms with Crippen molar-refractivity contribution in [2.45, 2.75) is 25.9 Å². The molecule has 102 valence electrons. The van der Waals surface area contributed by atoms with Gasteiger partial charge in [0.05, 0.1) is 10.6 Å². The molecule has 1 saturated heterocycles. The van der Waals surface area contributed by atoms with Gasteiger partial charge in [0, 0.05) is 37.8 Å². The number of nitrogens with zero attached hydrogens (tertiary/aromatic N) is 2. The minimum absolute atomic E-state index is 0.167. The largest absolute Gasteiger partial charge is 0.355 e. The molecule has 3 heterocycles. The molecule has 0 spiro atoms. The molecule has 3 rings (SSSR count). The van der Waals surface area contributed by atoms with Gasteiger partial charge in [-0.3, -0.25) is 4.90 Å². The number of nitrogens with one attached hydrogen (secondary N) is 1. The van der Waals surface area contributed by atoms with Crippen LogP contribution >= 0.6 is 11.3 Å². The predicted octanol–water partition coefficient (Wildman–Crippen LogP) is 2.59. The fourth-order valence-corrected chi connectivity index (χ4v) is 3.11. The molecule has 0 atom stereocenters. The van der Waals surface area contributed by atoms with Crippen molar-refractivity contribution in [2.75, 3.05) is 19.6 Å². The summed E-state index contributed by atoms with van der Waals surface area (Å²) in [4.78, 5) is 3.60. The first-order chi connectivity index (χ1) is 9.15. The van der Waals surface area contributed by atoms with Crippen molar-refractivity contribution in [1.29, 1.82) is 0 Å². The van der Waals surface area contributed by atoms with E-state index >= 15 is 0 Å². The average molecular weight is 277 g/mol. The quantitative estimate of drug-likeness (QED) is 0.936. The van der Waals surface area contributed by atoms with E-state index in [-0.39, 0.29) is 5.54 Å². The van der Waals surface area contributed by atoms with Crippen LogP contribution in [0.5, 0.6) is 0 Å². The van der Waals surface area contributed by atoms with Crippen molar-refractivity contribution in [3.63, 3.8) is 0 Å². The Morgan fingerprint density at radius 3 is 3.16 bits per heavy atom. The molecule has 0 radical (unpaired) electrons. The molecular weight excluding hydrogens is 258 g/mol. The third-order valence-electron chi connectivity index (χ3n) is 3.65. The number of thiophene rings is 1. The summed E-state index contributed by atoms with van der Waals surface area (Å²) in [7, 11) is 0. The fourth-order valence-electron chi connectivity index (χ4n) is 2.43. The zero-order valence-electron chi connectivity index (χ0n) is 11.3. The third-order valence-corrected chi connectivity index (χ3v) is 4.53. The summed E-state index contributed by atoms with van der Waals surface area (Å²) in [6.45, 7) is 8.48. The molecule has 0 amide bonds. The Labute approximate surface area is 117 Å². The Morgan fingerprint density at radius 1 is 1.53 bits per heavy atom. The molecule has 1 aliphatic heterocycles. The summed E-state index contributed by atoms with van der Waals surface area (Å²) in [5.41, 5.74) is 1.18. The van der Waals surface area contributed by atoms with Crippen molar-refractivity contribution in [1.82, 2.24) is 15.4 Å². The van der Waals surface area contributed by atoms with Gasteiger partial charge in [-0.05, 0) is 25.3 Å². The molecule has 5 heteroatoms. The van der Waals surface area contributed by atoms with Crippen LogP contribution < -0.4 is 5.32 Å². The maximum Gasteiger partial charge on any atom is 0.177 e. The van der Waals surface area contributed by atoms with E-state index in [2.05, 4.69) is 46.7 Å². The molecular formula is C14H19N3OS. The van der Waals surface area contributed by atoms with Crippen molar-refractivity contribution >= 4 is 11.3 Å². The first-order valence-electron chi connectivity index (χ1n) is 6.60. The zero-order valence-corrected chi connectivity index (χ0v) is 12.2. The number of hydrogen-bond acceptors (Lipinski definition) is 5. The van der Waals surface area contributed by atoms with E-state index in [0.717, 1.165) is 42.5 Å². The van der Waals surface area contributed by atoms with Crippen LogP contribution in [0.1, 0.15) is 19.5 Å². The van der Waals surface area contributed by atoms with Crippen molar-refractivity contribution < 1.29 is 4.52 Å². The number of aromatic nitrogens is 1. The summed E-state index contributed by atoms with van der Waals surface area (Å²) in [6, 6.07) is 6.15. The highest BCUT2D eigenvalue weighted by Gasteiger charge is 2.30. The Bertz CT molecular complexity index is 533. The first kappa shape index (κ1) is 12.8. The minimum Gasteiger partial charge on any atom is -0.355 e. The molecule has 4 nitrogen and oxygen atoms in total. The normalized spacial score (nSPS) is 19.7. The lowest BCUT2D eigenvalue weighted by molar-refractivity contribution is 0.0803. The highest BCUT2D eigenvalue weighted by molar-refractivity contribution is 7.13. The van der Waals surface area contributed by atoms with E-state index in [1.54, 1.807) is 11.3 Å². The summed E-state index contributed by atoms with van der Waals surface area (Å²) < 4.78 is 5.44. The molecule has 2 aromatic rings. The van der Waals surface area contributed by atoms with Gasteiger partial charge < -0.3 is 9.84 Å². The minimum atomic E-state index is 0.167. The zero-order chi connectivity index (χ0) is 13.3. The highest BCUT2D eigenvalue weighted by Crippen LogP contribution is 2.26. The number of hydrogen-bond donors (Lipinski definition) is 1. The van der Waals surface area contributed by atoms with Gasteiger partial charge in [0.15, 0.2) is 5.76 Å². The van der Waals surface area contributed by atoms with Gasteiger partial charge in [-0.1, -0.05) is 11.2 Å². The third kappa shape index (κ3) is 2.73. The monoisotopic (exact) mass is 277 g/mol. The first-order valence-corrected chi connectivity index (χ1v) is 7.48. The van der Waals surface area contributed by atoms with Crippen LogP contribution in [0.4, 0.5) is 0 Å². The van der Waals surface area contributed by atoms with E-state index in [1.807, 2.05) is 6.07 Å². The molecule has 1 N–H and O–H groups in total. The predicted molar refractivity (Wildman–Crippen MR) is 77.2 cm³/mol. The second kappa shape index (κ2) is 5.07. The van der Waals surface area contributed by atoms with Crippen LogP contribution in [-0.2, 0) is 6.54 Å². The maximum absolute atomic E-state index is 5.44. The summed E-state index contributed by atoms with van der Waals surface area (Å²) in [6.07, 6.45) is 0. The van der Waals surface area contributed by atoms with Crippen LogP contribution in [0.3, 0.4) is 0 Å². The van der Waals surface area contributed by atoms with Crippen LogP contribution in [0.2, 0.25) is 0 Å². The topological polar surface area (TPSA) is 41.3 Å². The second-order valence-corrected chi connectivity index (χ2v) is 6.52. The van der Waals surface area contributed by atoms with E-state index in [0.29, 0.717) is 0 Å². The smallest absolute Gasteiger partial charge is 0.177 e. The Morgan fingerprint density at radius 2 is 2.42 bits per heavy atom. The van der Waals surface area contributed by atoms with E-state index in [4.69, 9.17) is 4.52 Å². The van der Waals surface area contributed by atoms with Gasteiger partial charge in [-0.25, -0.2) is 0 Å². The lowest BCUT2D eigenvalue weighted by Crippen LogP contribution is -2.57. The van der Waals surface area contributed by atoms with Crippen LogP contribution in [0.25, 0.3) is 10.6 Å². The van der Waals surface area contributed by atoms with Gasteiger partial charge in [0.1, 0.15) is 0 Å². The van der Waals surface area contributed by atoms with Gasteiger partial charge >= 0.3 is 0 Å². The van der Waals surface area contributed by atoms with Gasteiger partial charge in [0.2, 0.25) is 0 Å². The number of piperazine rings is 1. The van der Waals surface area contributed by atoms with Crippen molar-refractivity contribution in [2.24, 2.45) is 0 Å². The SMILES string of the molecule is CC1(C)CNCCN1Cc1cc(-c2cccs2)on1. The fraction of sp³-hybridized carbons (Fsp3) is 0.500. The van der Waals surface area contributed by atoms with E-state index < -0.39 is 0 Å². The molecule has 0 aliphatic carbocycles. The maximum atomic E-state index is 5.44. The summed E-state index contributed by atoms with van der Waals surface area (Å²) in [5.74, 6) is 0.873. The van der Waals surface area contributed by atoms with Crippen molar-refractivity contribution in [3.8, 4) is 10.6 Å². The molecule has 0 saturated carbocycles. The Kier molecular flexibility index (Phi) is 3.43. The average Bonchev–Trinajstić information content (AvgIpc) is 3.02. The van der Waals surface area contributed by atoms with Gasteiger partial charge in [-0.15, -0.1) is 11.3 Å². The number of rotatable bonds is 3. The van der Waals surface area contributed by atoms with E-state index in [9.17, 15) is 0 Å². The van der Waals surface area contributed by atoms with Crippen LogP contribution in [-0.4, -0.2) is 35.2 Å². The lowest BCUT2D eigenvalue weighted by atomic mass is 10.00. The molecule has 1 aliphatic rings. The second-order valence-electron chi connectivity index (χ2n) is 5.57. The molecule has 19 heavy (non-hydrogen) atoms. The molecule has 0 aromatic carbocycles. The lowest BCUT2D eigenvalue weighted by Gasteiger charge is -2.42. The van der Waals surface area contributed by atoms with Gasteiger partial charge in [-0.2, -0.15) is 0 Å². The van der Waals surface area contributed by atoms with Crippen molar-refractivity contribution in [3.05, 3.63) is 29.3 Å². The van der Waals surface area contributed by atoms with Crippen LogP contribution in [0, 0.1) is 0 Å². The standard InChI is InChI=1S/C14H19N3OS/c1-14(2)10-15-5-6-17(14)9-11-8-12(18-16-11)13-4-3-7-19-13/h3-4,7-8,15H,5-6,9-10H2,1-2H3. The highest BCUT2D eigenvalue weighted by atomic mass is 32.1. The Hall–Kier alpha value is -1.17. The summed E-state index contributed by atoms with van der Waals surface area (Å²) >= 11 is 1.68. The molecule has 2 aromatic heterocycles. The molecule has 1 fully saturated rings. The molecule has 0 unspecified atom stereocenters. The van der Waals surface area contributed by atoms with Gasteiger partial charge in [0.25, 0.3) is 0 Å². The Balaban J connectivity index is 1.73. The van der Waals surface area contributed by atoms with Crippen LogP contribution in [0.15, 0.2) is 28.1 Å². The summed E-state index contributed by atoms with van der Waals surface area (Å²) in [5, 5.41) is 9.69. The van der Waals surface area contributed by atoms with E-state index in [1.165, 1.54) is 0 Å².